The topological polar surface area (TPSA) is 97.3 Å². The van der Waals surface area contributed by atoms with Crippen molar-refractivity contribution in [3.05, 3.63) is 76.4 Å². The lowest BCUT2D eigenvalue weighted by atomic mass is 10.1. The Balaban J connectivity index is 1.74. The quantitative estimate of drug-likeness (QED) is 0.646. The van der Waals surface area contributed by atoms with Gasteiger partial charge in [0.15, 0.2) is 6.61 Å². The number of amides is 1. The Morgan fingerprint density at radius 1 is 1.17 bits per heavy atom. The lowest BCUT2D eigenvalue weighted by Crippen LogP contribution is -2.23. The highest BCUT2D eigenvalue weighted by molar-refractivity contribution is 5.96. The summed E-state index contributed by atoms with van der Waals surface area (Å²) in [7, 11) is 0. The van der Waals surface area contributed by atoms with Crippen LogP contribution in [0.15, 0.2) is 47.1 Å². The van der Waals surface area contributed by atoms with Crippen LogP contribution in [0.5, 0.6) is 0 Å². The van der Waals surface area contributed by atoms with Crippen LogP contribution in [0.2, 0.25) is 0 Å². The highest BCUT2D eigenvalue weighted by atomic mass is 16.5. The van der Waals surface area contributed by atoms with Crippen LogP contribution in [0.3, 0.4) is 0 Å². The summed E-state index contributed by atoms with van der Waals surface area (Å²) in [6.45, 7) is 5.50. The Kier molecular flexibility index (Phi) is 5.84. The first kappa shape index (κ1) is 20.0. The number of nitriles is 1. The average Bonchev–Trinajstić information content (AvgIpc) is 3.30. The van der Waals surface area contributed by atoms with Crippen LogP contribution < -0.4 is 5.32 Å². The zero-order chi connectivity index (χ0) is 21.0. The Labute approximate surface area is 168 Å². The van der Waals surface area contributed by atoms with E-state index in [1.54, 1.807) is 41.2 Å². The maximum absolute atomic E-state index is 12.4. The Hall–Kier alpha value is -3.79. The number of nitrogens with one attached hydrogen (secondary N) is 1. The zero-order valence-corrected chi connectivity index (χ0v) is 16.5. The lowest BCUT2D eigenvalue weighted by Gasteiger charge is -2.12. The molecule has 0 spiro atoms. The van der Waals surface area contributed by atoms with Gasteiger partial charge >= 0.3 is 5.97 Å². The molecule has 0 aliphatic heterocycles. The largest absolute Gasteiger partial charge is 0.467 e. The van der Waals surface area contributed by atoms with Crippen molar-refractivity contribution in [2.45, 2.75) is 27.3 Å². The minimum Gasteiger partial charge on any atom is -0.467 e. The Morgan fingerprint density at radius 3 is 2.52 bits per heavy atom. The normalized spacial score (nSPS) is 10.4. The molecule has 3 aromatic rings. The standard InChI is InChI=1S/C22H21N3O4/c1-14-6-8-17(9-7-14)22(27)29-13-20(26)24-21-19(11-23)15(2)16(3)25(21)12-18-5-4-10-28-18/h4-10H,12-13H2,1-3H3,(H,24,26). The number of benzene rings is 1. The van der Waals surface area contributed by atoms with Crippen molar-refractivity contribution in [1.82, 2.24) is 4.57 Å². The van der Waals surface area contributed by atoms with E-state index in [1.165, 1.54) is 0 Å². The fraction of sp³-hybridized carbons (Fsp3) is 0.227. The van der Waals surface area contributed by atoms with E-state index in [4.69, 9.17) is 9.15 Å². The molecule has 2 heterocycles. The number of hydrogen-bond donors (Lipinski definition) is 1. The summed E-state index contributed by atoms with van der Waals surface area (Å²) in [4.78, 5) is 24.5. The van der Waals surface area contributed by atoms with Crippen molar-refractivity contribution < 1.29 is 18.7 Å². The third-order valence-electron chi connectivity index (χ3n) is 4.71. The van der Waals surface area contributed by atoms with Crippen LogP contribution in [0, 0.1) is 32.1 Å². The van der Waals surface area contributed by atoms with E-state index in [9.17, 15) is 14.9 Å². The predicted octanol–water partition coefficient (Wildman–Crippen LogP) is 3.72. The van der Waals surface area contributed by atoms with Crippen molar-refractivity contribution >= 4 is 17.7 Å². The molecule has 0 unspecified atom stereocenters. The molecule has 1 amide bonds. The van der Waals surface area contributed by atoms with E-state index in [2.05, 4.69) is 11.4 Å². The molecule has 0 atom stereocenters. The molecule has 0 bridgehead atoms. The molecule has 1 aromatic carbocycles. The average molecular weight is 391 g/mol. The van der Waals surface area contributed by atoms with Crippen LogP contribution in [0.1, 0.15) is 38.5 Å². The summed E-state index contributed by atoms with van der Waals surface area (Å²) in [5.41, 5.74) is 3.36. The second kappa shape index (κ2) is 8.48. The molecule has 148 valence electrons. The predicted molar refractivity (Wildman–Crippen MR) is 107 cm³/mol. The SMILES string of the molecule is Cc1ccc(C(=O)OCC(=O)Nc2c(C#N)c(C)c(C)n2Cc2ccco2)cc1. The first-order chi connectivity index (χ1) is 13.9. The number of carbonyl (C=O) groups is 2. The molecule has 0 radical (unpaired) electrons. The van der Waals surface area contributed by atoms with Crippen molar-refractivity contribution in [2.75, 3.05) is 11.9 Å². The smallest absolute Gasteiger partial charge is 0.338 e. The molecule has 0 saturated heterocycles. The van der Waals surface area contributed by atoms with Crippen molar-refractivity contribution in [3.8, 4) is 6.07 Å². The minimum absolute atomic E-state index is 0.357. The van der Waals surface area contributed by atoms with Crippen LogP contribution >= 0.6 is 0 Å². The molecule has 7 heteroatoms. The summed E-state index contributed by atoms with van der Waals surface area (Å²) < 4.78 is 12.3. The van der Waals surface area contributed by atoms with E-state index in [-0.39, 0.29) is 0 Å². The van der Waals surface area contributed by atoms with Gasteiger partial charge in [-0.25, -0.2) is 4.79 Å². The number of nitrogens with zero attached hydrogens (tertiary/aromatic N) is 2. The van der Waals surface area contributed by atoms with Crippen molar-refractivity contribution in [3.63, 3.8) is 0 Å². The first-order valence-corrected chi connectivity index (χ1v) is 9.06. The summed E-state index contributed by atoms with van der Waals surface area (Å²) in [6.07, 6.45) is 1.56. The molecule has 1 N–H and O–H groups in total. The van der Waals surface area contributed by atoms with E-state index >= 15 is 0 Å². The lowest BCUT2D eigenvalue weighted by molar-refractivity contribution is -0.119. The molecular formula is C22H21N3O4. The molecule has 29 heavy (non-hydrogen) atoms. The number of aryl methyl sites for hydroxylation is 1. The molecule has 0 saturated carbocycles. The second-order valence-corrected chi connectivity index (χ2v) is 6.70. The zero-order valence-electron chi connectivity index (χ0n) is 16.5. The van der Waals surface area contributed by atoms with Gasteiger partial charge in [-0.1, -0.05) is 17.7 Å². The third kappa shape index (κ3) is 4.38. The van der Waals surface area contributed by atoms with Gasteiger partial charge in [-0.15, -0.1) is 0 Å². The molecular weight excluding hydrogens is 370 g/mol. The maximum atomic E-state index is 12.4. The Morgan fingerprint density at radius 2 is 1.90 bits per heavy atom. The number of hydrogen-bond acceptors (Lipinski definition) is 5. The van der Waals surface area contributed by atoms with Gasteiger partial charge in [-0.05, 0) is 50.6 Å². The molecule has 7 nitrogen and oxygen atoms in total. The van der Waals surface area contributed by atoms with E-state index in [1.807, 2.05) is 26.8 Å². The fourth-order valence-electron chi connectivity index (χ4n) is 2.96. The van der Waals surface area contributed by atoms with Crippen LogP contribution in [0.4, 0.5) is 5.82 Å². The van der Waals surface area contributed by atoms with Crippen LogP contribution in [-0.4, -0.2) is 23.1 Å². The van der Waals surface area contributed by atoms with E-state index < -0.39 is 18.5 Å². The molecule has 0 aliphatic rings. The number of rotatable bonds is 6. The number of ether oxygens (including phenoxy) is 1. The molecule has 0 fully saturated rings. The second-order valence-electron chi connectivity index (χ2n) is 6.70. The third-order valence-corrected chi connectivity index (χ3v) is 4.71. The van der Waals surface area contributed by atoms with Gasteiger partial charge in [0.1, 0.15) is 17.6 Å². The van der Waals surface area contributed by atoms with Gasteiger partial charge in [-0.3, -0.25) is 4.79 Å². The number of anilines is 1. The summed E-state index contributed by atoms with van der Waals surface area (Å²) >= 11 is 0. The monoisotopic (exact) mass is 391 g/mol. The van der Waals surface area contributed by atoms with Crippen LogP contribution in [0.25, 0.3) is 0 Å². The summed E-state index contributed by atoms with van der Waals surface area (Å²) in [6, 6.07) is 12.6. The molecule has 3 rings (SSSR count). The van der Waals surface area contributed by atoms with E-state index in [0.29, 0.717) is 29.2 Å². The summed E-state index contributed by atoms with van der Waals surface area (Å²) in [5, 5.41) is 12.2. The molecule has 0 aliphatic carbocycles. The number of furan rings is 1. The fourth-order valence-corrected chi connectivity index (χ4v) is 2.96. The minimum atomic E-state index is -0.584. The van der Waals surface area contributed by atoms with Crippen molar-refractivity contribution in [1.29, 1.82) is 5.26 Å². The highest BCUT2D eigenvalue weighted by Gasteiger charge is 2.21. The first-order valence-electron chi connectivity index (χ1n) is 9.06. The highest BCUT2D eigenvalue weighted by Crippen LogP contribution is 2.27. The number of esters is 1. The maximum Gasteiger partial charge on any atom is 0.338 e. The van der Waals surface area contributed by atoms with Gasteiger partial charge < -0.3 is 19.0 Å². The Bertz CT molecular complexity index is 1070. The summed E-state index contributed by atoms with van der Waals surface area (Å²) in [5.74, 6) is -0.0664. The number of carbonyl (C=O) groups excluding carboxylic acids is 2. The molecule has 2 aromatic heterocycles. The van der Waals surface area contributed by atoms with Gasteiger partial charge in [0.2, 0.25) is 0 Å². The van der Waals surface area contributed by atoms with Gasteiger partial charge in [0, 0.05) is 5.69 Å². The van der Waals surface area contributed by atoms with Crippen LogP contribution in [-0.2, 0) is 16.1 Å². The van der Waals surface area contributed by atoms with Crippen molar-refractivity contribution in [2.24, 2.45) is 0 Å². The van der Waals surface area contributed by atoms with E-state index in [0.717, 1.165) is 16.8 Å². The van der Waals surface area contributed by atoms with Gasteiger partial charge in [0.25, 0.3) is 5.91 Å². The van der Waals surface area contributed by atoms with Gasteiger partial charge in [0.05, 0.1) is 23.9 Å². The van der Waals surface area contributed by atoms with Gasteiger partial charge in [-0.2, -0.15) is 5.26 Å². The number of aromatic nitrogens is 1.